The van der Waals surface area contributed by atoms with Gasteiger partial charge >= 0.3 is 0 Å². The summed E-state index contributed by atoms with van der Waals surface area (Å²) in [6, 6.07) is 79.9. The second-order valence-corrected chi connectivity index (χ2v) is 14.0. The fraction of sp³-hybridized carbons (Fsp3) is 0. The minimum absolute atomic E-state index is 0.953. The van der Waals surface area contributed by atoms with Crippen LogP contribution in [-0.2, 0) is 0 Å². The molecule has 0 spiro atoms. The average Bonchev–Trinajstić information content (AvgIpc) is 3.69. The van der Waals surface area contributed by atoms with Crippen LogP contribution >= 0.6 is 0 Å². The SMILES string of the molecule is c1ccc(-c2ccccc2-c2ccccc2N(c2ccccc2)c2ccc3cc(-c4ccccc4)n4nc(-c5ccccc5)c(-c5ccccc5)c4c3c2)cc1. The highest BCUT2D eigenvalue weighted by Crippen LogP contribution is 2.46. The van der Waals surface area contributed by atoms with Gasteiger partial charge in [0.25, 0.3) is 0 Å². The van der Waals surface area contributed by atoms with E-state index in [0.29, 0.717) is 0 Å². The molecule has 10 rings (SSSR count). The number of anilines is 3. The van der Waals surface area contributed by atoms with E-state index in [1.165, 1.54) is 16.7 Å². The zero-order valence-electron chi connectivity index (χ0n) is 30.7. The number of rotatable bonds is 8. The summed E-state index contributed by atoms with van der Waals surface area (Å²) in [6.45, 7) is 0. The molecular formula is C53H37N3. The molecule has 3 heteroatoms. The van der Waals surface area contributed by atoms with E-state index < -0.39 is 0 Å². The molecule has 0 bridgehead atoms. The number of para-hydroxylation sites is 2. The molecule has 2 heterocycles. The summed E-state index contributed by atoms with van der Waals surface area (Å²) in [7, 11) is 0. The van der Waals surface area contributed by atoms with Gasteiger partial charge in [-0.25, -0.2) is 4.52 Å². The van der Waals surface area contributed by atoms with E-state index in [1.54, 1.807) is 0 Å². The van der Waals surface area contributed by atoms with E-state index in [2.05, 4.69) is 234 Å². The first kappa shape index (κ1) is 33.1. The van der Waals surface area contributed by atoms with Crippen LogP contribution in [0.5, 0.6) is 0 Å². The summed E-state index contributed by atoms with van der Waals surface area (Å²) in [5.41, 5.74) is 15.5. The van der Waals surface area contributed by atoms with Crippen molar-refractivity contribution < 1.29 is 0 Å². The smallest absolute Gasteiger partial charge is 0.101 e. The van der Waals surface area contributed by atoms with Crippen LogP contribution in [0.25, 0.3) is 72.2 Å². The number of hydrogen-bond donors (Lipinski definition) is 0. The molecule has 0 N–H and O–H groups in total. The number of hydrogen-bond acceptors (Lipinski definition) is 2. The Labute approximate surface area is 327 Å². The summed E-state index contributed by atoms with van der Waals surface area (Å²) >= 11 is 0. The third-order valence-electron chi connectivity index (χ3n) is 10.6. The van der Waals surface area contributed by atoms with Gasteiger partial charge in [-0.2, -0.15) is 5.10 Å². The Hall–Kier alpha value is -7.49. The Balaban J connectivity index is 1.27. The third-order valence-corrected chi connectivity index (χ3v) is 10.6. The molecule has 0 aliphatic heterocycles. The van der Waals surface area contributed by atoms with Crippen molar-refractivity contribution in [2.45, 2.75) is 0 Å². The molecule has 0 fully saturated rings. The Morgan fingerprint density at radius 3 is 1.55 bits per heavy atom. The van der Waals surface area contributed by atoms with Crippen LogP contribution in [-0.4, -0.2) is 9.61 Å². The molecule has 0 aliphatic rings. The van der Waals surface area contributed by atoms with E-state index in [1.807, 2.05) is 0 Å². The van der Waals surface area contributed by atoms with Crippen LogP contribution in [0.2, 0.25) is 0 Å². The average molecular weight is 716 g/mol. The summed E-state index contributed by atoms with van der Waals surface area (Å²) in [5, 5.41) is 7.74. The predicted molar refractivity (Wildman–Crippen MR) is 235 cm³/mol. The number of benzene rings is 8. The van der Waals surface area contributed by atoms with Crippen LogP contribution in [0.3, 0.4) is 0 Å². The Morgan fingerprint density at radius 2 is 0.893 bits per heavy atom. The first-order chi connectivity index (χ1) is 27.8. The van der Waals surface area contributed by atoms with Gasteiger partial charge < -0.3 is 4.90 Å². The molecular weight excluding hydrogens is 679 g/mol. The highest BCUT2D eigenvalue weighted by atomic mass is 15.2. The maximum absolute atomic E-state index is 5.47. The Bertz CT molecular complexity index is 2940. The largest absolute Gasteiger partial charge is 0.310 e. The van der Waals surface area contributed by atoms with Crippen LogP contribution < -0.4 is 4.90 Å². The minimum Gasteiger partial charge on any atom is -0.310 e. The molecule has 0 radical (unpaired) electrons. The van der Waals surface area contributed by atoms with Gasteiger partial charge in [0, 0.05) is 39.0 Å². The molecule has 0 aliphatic carbocycles. The molecule has 0 atom stereocenters. The molecule has 0 amide bonds. The van der Waals surface area contributed by atoms with Gasteiger partial charge in [0.15, 0.2) is 0 Å². The van der Waals surface area contributed by atoms with Gasteiger partial charge in [-0.05, 0) is 64.0 Å². The van der Waals surface area contributed by atoms with Crippen molar-refractivity contribution in [2.24, 2.45) is 0 Å². The lowest BCUT2D eigenvalue weighted by molar-refractivity contribution is 0.979. The van der Waals surface area contributed by atoms with Crippen LogP contribution in [0.4, 0.5) is 17.1 Å². The first-order valence-corrected chi connectivity index (χ1v) is 19.1. The second kappa shape index (κ2) is 14.4. The van der Waals surface area contributed by atoms with Crippen LogP contribution in [0.15, 0.2) is 224 Å². The second-order valence-electron chi connectivity index (χ2n) is 14.0. The fourth-order valence-electron chi connectivity index (χ4n) is 8.04. The maximum atomic E-state index is 5.47. The van der Waals surface area contributed by atoms with Gasteiger partial charge in [0.05, 0.1) is 16.9 Å². The van der Waals surface area contributed by atoms with E-state index >= 15 is 0 Å². The van der Waals surface area contributed by atoms with Crippen molar-refractivity contribution in [3.63, 3.8) is 0 Å². The molecule has 0 saturated heterocycles. The van der Waals surface area contributed by atoms with Crippen molar-refractivity contribution in [3.05, 3.63) is 224 Å². The highest BCUT2D eigenvalue weighted by molar-refractivity contribution is 6.10. The van der Waals surface area contributed by atoms with Crippen molar-refractivity contribution >= 4 is 33.4 Å². The Kier molecular flexibility index (Phi) is 8.51. The lowest BCUT2D eigenvalue weighted by Crippen LogP contribution is -2.11. The van der Waals surface area contributed by atoms with E-state index in [9.17, 15) is 0 Å². The first-order valence-electron chi connectivity index (χ1n) is 19.1. The van der Waals surface area contributed by atoms with Gasteiger partial charge in [-0.1, -0.05) is 188 Å². The molecule has 0 saturated carbocycles. The predicted octanol–water partition coefficient (Wildman–Crippen LogP) is 14.3. The standard InChI is InChI=1S/C53H37N3/c1-6-20-38(21-7-1)45-30-16-17-31-46(45)47-32-18-19-33-49(47)55(43-28-14-5-15-29-43)44-35-34-42-36-50(39-22-8-2-9-23-39)56-53(48(42)37-44)51(40-24-10-3-11-25-40)52(54-56)41-26-12-4-13-27-41/h1-37H. The van der Waals surface area contributed by atoms with Crippen molar-refractivity contribution in [3.8, 4) is 55.9 Å². The quantitative estimate of drug-likeness (QED) is 0.156. The summed E-state index contributed by atoms with van der Waals surface area (Å²) in [4.78, 5) is 2.40. The normalized spacial score (nSPS) is 11.2. The van der Waals surface area contributed by atoms with Gasteiger partial charge in [-0.3, -0.25) is 0 Å². The van der Waals surface area contributed by atoms with E-state index in [-0.39, 0.29) is 0 Å². The highest BCUT2D eigenvalue weighted by Gasteiger charge is 2.24. The molecule has 2 aromatic heterocycles. The third kappa shape index (κ3) is 5.92. The van der Waals surface area contributed by atoms with Crippen LogP contribution in [0.1, 0.15) is 0 Å². The number of nitrogens with zero attached hydrogens (tertiary/aromatic N) is 3. The lowest BCUT2D eigenvalue weighted by atomic mass is 9.93. The van der Waals surface area contributed by atoms with Crippen molar-refractivity contribution in [1.29, 1.82) is 0 Å². The maximum Gasteiger partial charge on any atom is 0.101 e. The topological polar surface area (TPSA) is 20.5 Å². The lowest BCUT2D eigenvalue weighted by Gasteiger charge is -2.29. The van der Waals surface area contributed by atoms with E-state index in [4.69, 9.17) is 5.10 Å². The molecule has 56 heavy (non-hydrogen) atoms. The number of fused-ring (bicyclic) bond motifs is 3. The fourth-order valence-corrected chi connectivity index (χ4v) is 8.04. The molecule has 8 aromatic carbocycles. The summed E-state index contributed by atoms with van der Waals surface area (Å²) in [6.07, 6.45) is 0. The minimum atomic E-state index is 0.953. The van der Waals surface area contributed by atoms with Crippen molar-refractivity contribution in [1.82, 2.24) is 9.61 Å². The van der Waals surface area contributed by atoms with Crippen LogP contribution in [0, 0.1) is 0 Å². The van der Waals surface area contributed by atoms with Gasteiger partial charge in [0.1, 0.15) is 5.69 Å². The summed E-state index contributed by atoms with van der Waals surface area (Å²) < 4.78 is 2.17. The number of aromatic nitrogens is 2. The summed E-state index contributed by atoms with van der Waals surface area (Å²) in [5.74, 6) is 0. The molecule has 3 nitrogen and oxygen atoms in total. The van der Waals surface area contributed by atoms with E-state index in [0.717, 1.165) is 72.6 Å². The molecule has 264 valence electrons. The van der Waals surface area contributed by atoms with Crippen molar-refractivity contribution in [2.75, 3.05) is 4.90 Å². The molecule has 10 aromatic rings. The monoisotopic (exact) mass is 715 g/mol. The Morgan fingerprint density at radius 1 is 0.375 bits per heavy atom. The zero-order valence-corrected chi connectivity index (χ0v) is 30.7. The zero-order chi connectivity index (χ0) is 37.3. The molecule has 0 unspecified atom stereocenters. The number of pyridine rings is 1. The van der Waals surface area contributed by atoms with Gasteiger partial charge in [0.2, 0.25) is 0 Å². The van der Waals surface area contributed by atoms with Gasteiger partial charge in [-0.15, -0.1) is 0 Å².